The van der Waals surface area contributed by atoms with Gasteiger partial charge in [-0.2, -0.15) is 10.1 Å². The standard InChI is InChI=1S/C26H24N6O/c1-3-32-23-7-5-4-6-22(23)24-25(32)28-26(31-29-24)30-27-16-19-12-14-21(15-13-19)33-17-20-10-8-18(2)9-11-20/h4-16H,3,17H2,1-2H3,(H,28,30,31)/b27-16+. The van der Waals surface area contributed by atoms with E-state index >= 15 is 0 Å². The van der Waals surface area contributed by atoms with Gasteiger partial charge in [-0.1, -0.05) is 48.0 Å². The maximum absolute atomic E-state index is 5.86. The van der Waals surface area contributed by atoms with Crippen molar-refractivity contribution < 1.29 is 4.74 Å². The molecular weight excluding hydrogens is 412 g/mol. The number of nitrogens with zero attached hydrogens (tertiary/aromatic N) is 5. The third-order valence-electron chi connectivity index (χ3n) is 5.47. The summed E-state index contributed by atoms with van der Waals surface area (Å²) in [6, 6.07) is 24.2. The second-order valence-electron chi connectivity index (χ2n) is 7.78. The lowest BCUT2D eigenvalue weighted by atomic mass is 10.2. The number of anilines is 1. The first kappa shape index (κ1) is 20.6. The molecule has 3 aromatic carbocycles. The van der Waals surface area contributed by atoms with Gasteiger partial charge in [0.25, 0.3) is 5.95 Å². The Morgan fingerprint density at radius 3 is 2.55 bits per heavy atom. The summed E-state index contributed by atoms with van der Waals surface area (Å²) in [5.74, 6) is 1.17. The Labute approximate surface area is 191 Å². The molecule has 33 heavy (non-hydrogen) atoms. The summed E-state index contributed by atoms with van der Waals surface area (Å²) >= 11 is 0. The fourth-order valence-electron chi connectivity index (χ4n) is 3.74. The molecule has 5 rings (SSSR count). The first-order valence-electron chi connectivity index (χ1n) is 10.9. The molecule has 2 heterocycles. The van der Waals surface area contributed by atoms with E-state index in [-0.39, 0.29) is 0 Å². The van der Waals surface area contributed by atoms with Crippen LogP contribution in [0.3, 0.4) is 0 Å². The predicted octanol–water partition coefficient (Wildman–Crippen LogP) is 5.33. The highest BCUT2D eigenvalue weighted by molar-refractivity contribution is 6.04. The van der Waals surface area contributed by atoms with E-state index in [1.165, 1.54) is 5.56 Å². The molecule has 0 unspecified atom stereocenters. The van der Waals surface area contributed by atoms with Crippen LogP contribution in [0.25, 0.3) is 22.1 Å². The van der Waals surface area contributed by atoms with Crippen molar-refractivity contribution in [3.8, 4) is 5.75 Å². The molecule has 0 aliphatic heterocycles. The molecule has 0 saturated carbocycles. The van der Waals surface area contributed by atoms with Crippen molar-refractivity contribution in [2.45, 2.75) is 27.0 Å². The number of fused-ring (bicyclic) bond motifs is 3. The van der Waals surface area contributed by atoms with Gasteiger partial charge >= 0.3 is 0 Å². The number of rotatable bonds is 7. The number of ether oxygens (including phenoxy) is 1. The van der Waals surface area contributed by atoms with E-state index in [4.69, 9.17) is 4.74 Å². The number of hydrogen-bond donors (Lipinski definition) is 1. The summed E-state index contributed by atoms with van der Waals surface area (Å²) in [7, 11) is 0. The number of hydrazone groups is 1. The van der Waals surface area contributed by atoms with E-state index in [2.05, 4.69) is 74.5 Å². The minimum absolute atomic E-state index is 0.356. The molecule has 0 atom stereocenters. The maximum Gasteiger partial charge on any atom is 0.265 e. The Morgan fingerprint density at radius 2 is 1.76 bits per heavy atom. The Bertz CT molecular complexity index is 1420. The fourth-order valence-corrected chi connectivity index (χ4v) is 3.74. The van der Waals surface area contributed by atoms with Gasteiger partial charge in [-0.25, -0.2) is 5.43 Å². The number of aryl methyl sites for hydroxylation is 2. The highest BCUT2D eigenvalue weighted by atomic mass is 16.5. The molecule has 0 aliphatic rings. The van der Waals surface area contributed by atoms with Gasteiger partial charge in [0.05, 0.1) is 11.7 Å². The monoisotopic (exact) mass is 436 g/mol. The van der Waals surface area contributed by atoms with Crippen LogP contribution in [0.2, 0.25) is 0 Å². The Morgan fingerprint density at radius 1 is 0.970 bits per heavy atom. The average molecular weight is 437 g/mol. The largest absolute Gasteiger partial charge is 0.489 e. The van der Waals surface area contributed by atoms with Crippen LogP contribution < -0.4 is 10.2 Å². The molecule has 0 aliphatic carbocycles. The summed E-state index contributed by atoms with van der Waals surface area (Å²) in [6.45, 7) is 5.50. The van der Waals surface area contributed by atoms with Crippen LogP contribution in [0.15, 0.2) is 77.9 Å². The molecule has 0 saturated heterocycles. The van der Waals surface area contributed by atoms with Gasteiger partial charge in [-0.3, -0.25) is 0 Å². The first-order chi connectivity index (χ1) is 16.2. The smallest absolute Gasteiger partial charge is 0.265 e. The number of hydrogen-bond acceptors (Lipinski definition) is 6. The van der Waals surface area contributed by atoms with Crippen LogP contribution >= 0.6 is 0 Å². The van der Waals surface area contributed by atoms with Crippen LogP contribution in [-0.4, -0.2) is 26.0 Å². The van der Waals surface area contributed by atoms with E-state index in [1.54, 1.807) is 6.21 Å². The predicted molar refractivity (Wildman–Crippen MR) is 132 cm³/mol. The molecule has 164 valence electrons. The van der Waals surface area contributed by atoms with E-state index in [0.717, 1.165) is 45.5 Å². The highest BCUT2D eigenvalue weighted by Gasteiger charge is 2.13. The second-order valence-corrected chi connectivity index (χ2v) is 7.78. The van der Waals surface area contributed by atoms with Crippen LogP contribution in [0, 0.1) is 6.92 Å². The zero-order chi connectivity index (χ0) is 22.6. The third kappa shape index (κ3) is 4.39. The normalized spacial score (nSPS) is 11.5. The molecule has 0 fully saturated rings. The van der Waals surface area contributed by atoms with Crippen molar-refractivity contribution in [2.24, 2.45) is 5.10 Å². The average Bonchev–Trinajstić information content (AvgIpc) is 3.17. The molecule has 7 nitrogen and oxygen atoms in total. The lowest BCUT2D eigenvalue weighted by molar-refractivity contribution is 0.306. The summed E-state index contributed by atoms with van der Waals surface area (Å²) in [4.78, 5) is 4.63. The highest BCUT2D eigenvalue weighted by Crippen LogP contribution is 2.26. The number of benzene rings is 3. The quantitative estimate of drug-likeness (QED) is 0.275. The molecule has 5 aromatic rings. The van der Waals surface area contributed by atoms with Crippen molar-refractivity contribution in [3.05, 3.63) is 89.5 Å². The van der Waals surface area contributed by atoms with Crippen LogP contribution in [0.1, 0.15) is 23.6 Å². The molecule has 7 heteroatoms. The zero-order valence-electron chi connectivity index (χ0n) is 18.6. The van der Waals surface area contributed by atoms with E-state index in [1.807, 2.05) is 42.5 Å². The van der Waals surface area contributed by atoms with Crippen LogP contribution in [-0.2, 0) is 13.2 Å². The van der Waals surface area contributed by atoms with Gasteiger partial charge in [0.1, 0.15) is 17.9 Å². The van der Waals surface area contributed by atoms with Crippen LogP contribution in [0.4, 0.5) is 5.95 Å². The van der Waals surface area contributed by atoms with Gasteiger partial charge in [0.2, 0.25) is 0 Å². The summed E-state index contributed by atoms with van der Waals surface area (Å²) < 4.78 is 7.99. The Hall–Kier alpha value is -4.26. The van der Waals surface area contributed by atoms with Gasteiger partial charge in [-0.15, -0.1) is 10.2 Å². The zero-order valence-corrected chi connectivity index (χ0v) is 18.6. The third-order valence-corrected chi connectivity index (χ3v) is 5.47. The van der Waals surface area contributed by atoms with E-state index in [0.29, 0.717) is 12.6 Å². The molecule has 0 bridgehead atoms. The van der Waals surface area contributed by atoms with Gasteiger partial charge in [-0.05, 0) is 55.3 Å². The number of nitrogens with one attached hydrogen (secondary N) is 1. The van der Waals surface area contributed by atoms with Crippen molar-refractivity contribution in [3.63, 3.8) is 0 Å². The first-order valence-corrected chi connectivity index (χ1v) is 10.9. The van der Waals surface area contributed by atoms with Crippen molar-refractivity contribution >= 4 is 34.2 Å². The fraction of sp³-hybridized carbons (Fsp3) is 0.154. The lowest BCUT2D eigenvalue weighted by Crippen LogP contribution is -2.02. The van der Waals surface area contributed by atoms with E-state index < -0.39 is 0 Å². The molecule has 0 spiro atoms. The molecule has 0 radical (unpaired) electrons. The molecule has 1 N–H and O–H groups in total. The number of para-hydroxylation sites is 1. The maximum atomic E-state index is 5.86. The van der Waals surface area contributed by atoms with Gasteiger partial charge in [0, 0.05) is 11.9 Å². The summed E-state index contributed by atoms with van der Waals surface area (Å²) in [5.41, 5.74) is 8.89. The van der Waals surface area contributed by atoms with Crippen molar-refractivity contribution in [1.29, 1.82) is 0 Å². The van der Waals surface area contributed by atoms with Crippen LogP contribution in [0.5, 0.6) is 5.75 Å². The minimum atomic E-state index is 0.356. The molecule has 0 amide bonds. The Balaban J connectivity index is 1.25. The van der Waals surface area contributed by atoms with Gasteiger partial charge in [0.15, 0.2) is 5.65 Å². The SMILES string of the molecule is CCn1c2ccccc2c2nnc(N/N=C/c3ccc(OCc4ccc(C)cc4)cc3)nc21. The molecular formula is C26H24N6O. The van der Waals surface area contributed by atoms with Crippen molar-refractivity contribution in [2.75, 3.05) is 5.43 Å². The minimum Gasteiger partial charge on any atom is -0.489 e. The topological polar surface area (TPSA) is 77.2 Å². The summed E-state index contributed by atoms with van der Waals surface area (Å²) in [6.07, 6.45) is 1.71. The molecule has 2 aromatic heterocycles. The summed E-state index contributed by atoms with van der Waals surface area (Å²) in [5, 5.41) is 13.9. The number of aromatic nitrogens is 4. The van der Waals surface area contributed by atoms with Crippen molar-refractivity contribution in [1.82, 2.24) is 19.7 Å². The van der Waals surface area contributed by atoms with E-state index in [9.17, 15) is 0 Å². The second kappa shape index (κ2) is 9.08. The van der Waals surface area contributed by atoms with Gasteiger partial charge < -0.3 is 9.30 Å². The Kier molecular flexibility index (Phi) is 5.68. The lowest BCUT2D eigenvalue weighted by Gasteiger charge is -2.07.